The van der Waals surface area contributed by atoms with Crippen LogP contribution in [-0.4, -0.2) is 36.4 Å². The lowest BCUT2D eigenvalue weighted by atomic mass is 9.95. The van der Waals surface area contributed by atoms with Gasteiger partial charge in [0.1, 0.15) is 0 Å². The molecule has 1 aromatic rings. The second-order valence-corrected chi connectivity index (χ2v) is 8.26. The molecule has 2 rings (SSSR count). The van der Waals surface area contributed by atoms with Crippen LogP contribution in [0.4, 0.5) is 22.0 Å². The monoisotopic (exact) mass is 424 g/mol. The van der Waals surface area contributed by atoms with Crippen LogP contribution in [0.5, 0.6) is 0 Å². The van der Waals surface area contributed by atoms with Gasteiger partial charge >= 0.3 is 6.18 Å². The fraction of sp³-hybridized carbons (Fsp3) is 0.500. The standard InChI is InChI=1S/C18H21F5N2O2S/c1-17(28-12-4-2-3-11(7-12)18(21,22)23)5-6-26-14(9-17)13(24)8-16(25)27-10-15(19)20/h2-4,7-8,14-15,25H,5-6,9-10,24H2,1H3/b13-8-,25-16?. The molecule has 2 unspecified atom stereocenters. The highest BCUT2D eigenvalue weighted by Crippen LogP contribution is 2.43. The van der Waals surface area contributed by atoms with E-state index in [2.05, 4.69) is 4.74 Å². The van der Waals surface area contributed by atoms with Gasteiger partial charge in [0.15, 0.2) is 6.61 Å². The van der Waals surface area contributed by atoms with Crippen molar-refractivity contribution in [2.75, 3.05) is 13.2 Å². The van der Waals surface area contributed by atoms with E-state index < -0.39 is 41.5 Å². The van der Waals surface area contributed by atoms with Crippen LogP contribution in [-0.2, 0) is 15.7 Å². The van der Waals surface area contributed by atoms with Crippen LogP contribution in [0.25, 0.3) is 0 Å². The van der Waals surface area contributed by atoms with E-state index in [1.807, 2.05) is 6.92 Å². The van der Waals surface area contributed by atoms with Crippen molar-refractivity contribution in [2.24, 2.45) is 5.73 Å². The largest absolute Gasteiger partial charge is 0.472 e. The van der Waals surface area contributed by atoms with Crippen molar-refractivity contribution in [3.63, 3.8) is 0 Å². The lowest BCUT2D eigenvalue weighted by molar-refractivity contribution is -0.137. The maximum absolute atomic E-state index is 12.9. The van der Waals surface area contributed by atoms with Gasteiger partial charge in [-0.3, -0.25) is 5.41 Å². The van der Waals surface area contributed by atoms with Gasteiger partial charge < -0.3 is 15.2 Å². The van der Waals surface area contributed by atoms with E-state index in [4.69, 9.17) is 15.9 Å². The lowest BCUT2D eigenvalue weighted by Crippen LogP contribution is -2.38. The van der Waals surface area contributed by atoms with Gasteiger partial charge in [0, 0.05) is 28.0 Å². The third kappa shape index (κ3) is 6.66. The molecule has 2 atom stereocenters. The molecule has 1 aliphatic heterocycles. The van der Waals surface area contributed by atoms with Crippen LogP contribution in [0.3, 0.4) is 0 Å². The molecule has 0 radical (unpaired) electrons. The number of halogens is 5. The molecule has 0 spiro atoms. The number of nitrogens with two attached hydrogens (primary N) is 1. The highest BCUT2D eigenvalue weighted by molar-refractivity contribution is 8.00. The van der Waals surface area contributed by atoms with Crippen LogP contribution < -0.4 is 5.73 Å². The van der Waals surface area contributed by atoms with Crippen molar-refractivity contribution in [1.82, 2.24) is 0 Å². The van der Waals surface area contributed by atoms with Crippen LogP contribution in [0.15, 0.2) is 40.9 Å². The van der Waals surface area contributed by atoms with Gasteiger partial charge in [-0.1, -0.05) is 6.07 Å². The average molecular weight is 424 g/mol. The fourth-order valence-corrected chi connectivity index (χ4v) is 4.06. The summed E-state index contributed by atoms with van der Waals surface area (Å²) in [5, 5.41) is 7.51. The third-order valence-corrected chi connectivity index (χ3v) is 5.48. The molecule has 156 valence electrons. The van der Waals surface area contributed by atoms with E-state index in [0.29, 0.717) is 24.3 Å². The molecule has 0 saturated carbocycles. The Balaban J connectivity index is 2.06. The maximum Gasteiger partial charge on any atom is 0.416 e. The van der Waals surface area contributed by atoms with Gasteiger partial charge in [0.2, 0.25) is 5.90 Å². The topological polar surface area (TPSA) is 68.3 Å². The van der Waals surface area contributed by atoms with Crippen molar-refractivity contribution in [3.05, 3.63) is 41.6 Å². The molecule has 0 aliphatic carbocycles. The molecule has 1 heterocycles. The first-order valence-corrected chi connectivity index (χ1v) is 9.24. The van der Waals surface area contributed by atoms with E-state index >= 15 is 0 Å². The number of alkyl halides is 5. The maximum atomic E-state index is 12.9. The Morgan fingerprint density at radius 3 is 2.82 bits per heavy atom. The SMILES string of the molecule is CC1(Sc2cccc(C(F)(F)F)c2)CCOC(/C(N)=C/C(=N)OCC(F)F)C1. The zero-order valence-corrected chi connectivity index (χ0v) is 15.9. The summed E-state index contributed by atoms with van der Waals surface area (Å²) in [6.45, 7) is 1.32. The molecule has 1 aliphatic rings. The molecule has 0 amide bonds. The van der Waals surface area contributed by atoms with Crippen molar-refractivity contribution >= 4 is 17.7 Å². The molecular formula is C18H21F5N2O2S. The normalized spacial score (nSPS) is 23.7. The zero-order valence-electron chi connectivity index (χ0n) is 15.1. The summed E-state index contributed by atoms with van der Waals surface area (Å²) in [5.41, 5.74) is 5.36. The van der Waals surface area contributed by atoms with E-state index in [-0.39, 0.29) is 5.70 Å². The van der Waals surface area contributed by atoms with Gasteiger partial charge in [-0.2, -0.15) is 13.2 Å². The summed E-state index contributed by atoms with van der Waals surface area (Å²) in [7, 11) is 0. The van der Waals surface area contributed by atoms with Gasteiger partial charge in [-0.05, 0) is 38.0 Å². The van der Waals surface area contributed by atoms with E-state index in [1.165, 1.54) is 17.8 Å². The van der Waals surface area contributed by atoms with Gasteiger partial charge in [0.05, 0.1) is 11.7 Å². The number of ether oxygens (including phenoxy) is 2. The molecule has 1 aromatic carbocycles. The molecular weight excluding hydrogens is 403 g/mol. The Morgan fingerprint density at radius 2 is 2.18 bits per heavy atom. The minimum Gasteiger partial charge on any atom is -0.472 e. The van der Waals surface area contributed by atoms with Crippen molar-refractivity contribution in [1.29, 1.82) is 5.41 Å². The second-order valence-electron chi connectivity index (χ2n) is 6.60. The molecule has 0 bridgehead atoms. The second kappa shape index (κ2) is 9.13. The van der Waals surface area contributed by atoms with Crippen LogP contribution in [0.1, 0.15) is 25.3 Å². The summed E-state index contributed by atoms with van der Waals surface area (Å²) in [6.07, 6.45) is -5.61. The molecule has 4 nitrogen and oxygen atoms in total. The van der Waals surface area contributed by atoms with Gasteiger partial charge in [-0.15, -0.1) is 11.8 Å². The molecule has 1 saturated heterocycles. The Morgan fingerprint density at radius 1 is 1.46 bits per heavy atom. The van der Waals surface area contributed by atoms with E-state index in [1.54, 1.807) is 6.07 Å². The molecule has 0 aromatic heterocycles. The highest BCUT2D eigenvalue weighted by Gasteiger charge is 2.36. The molecule has 28 heavy (non-hydrogen) atoms. The Hall–Kier alpha value is -1.81. The summed E-state index contributed by atoms with van der Waals surface area (Å²) >= 11 is 1.30. The first-order valence-electron chi connectivity index (χ1n) is 8.43. The summed E-state index contributed by atoms with van der Waals surface area (Å²) < 4.78 is 72.7. The minimum absolute atomic E-state index is 0.148. The summed E-state index contributed by atoms with van der Waals surface area (Å²) in [6, 6.07) is 5.10. The smallest absolute Gasteiger partial charge is 0.416 e. The fourth-order valence-electron chi connectivity index (χ4n) is 2.74. The number of thioether (sulfide) groups is 1. The van der Waals surface area contributed by atoms with Crippen molar-refractivity contribution in [2.45, 2.75) is 48.1 Å². The highest BCUT2D eigenvalue weighted by atomic mass is 32.2. The van der Waals surface area contributed by atoms with Gasteiger partial charge in [-0.25, -0.2) is 8.78 Å². The Labute approximate surface area is 163 Å². The molecule has 3 N–H and O–H groups in total. The Kier molecular flexibility index (Phi) is 7.33. The molecule has 1 fully saturated rings. The van der Waals surface area contributed by atoms with Gasteiger partial charge in [0.25, 0.3) is 6.43 Å². The minimum atomic E-state index is -4.42. The number of benzene rings is 1. The van der Waals surface area contributed by atoms with Crippen molar-refractivity contribution in [3.8, 4) is 0 Å². The number of hydrogen-bond donors (Lipinski definition) is 2. The summed E-state index contributed by atoms with van der Waals surface area (Å²) in [4.78, 5) is 0.480. The first kappa shape index (κ1) is 22.5. The van der Waals surface area contributed by atoms with E-state index in [0.717, 1.165) is 18.2 Å². The molecule has 10 heteroatoms. The van der Waals surface area contributed by atoms with Crippen molar-refractivity contribution < 1.29 is 31.4 Å². The van der Waals surface area contributed by atoms with Crippen LogP contribution in [0.2, 0.25) is 0 Å². The van der Waals surface area contributed by atoms with Crippen LogP contribution in [0, 0.1) is 5.41 Å². The predicted octanol–water partition coefficient (Wildman–Crippen LogP) is 4.84. The number of nitrogens with one attached hydrogen (secondary N) is 1. The lowest BCUT2D eigenvalue weighted by Gasteiger charge is -2.38. The zero-order chi connectivity index (χ0) is 20.9. The van der Waals surface area contributed by atoms with E-state index in [9.17, 15) is 22.0 Å². The third-order valence-electron chi connectivity index (χ3n) is 4.13. The quantitative estimate of drug-likeness (QED) is 0.390. The average Bonchev–Trinajstić information content (AvgIpc) is 2.59. The summed E-state index contributed by atoms with van der Waals surface area (Å²) in [5.74, 6) is -0.501. The Bertz CT molecular complexity index is 726. The number of hydrogen-bond acceptors (Lipinski definition) is 5. The van der Waals surface area contributed by atoms with Crippen LogP contribution >= 0.6 is 11.8 Å². The predicted molar refractivity (Wildman–Crippen MR) is 96.6 cm³/mol. The number of rotatable bonds is 6. The first-order chi connectivity index (χ1) is 13.0.